The molecule has 0 fully saturated rings. The van der Waals surface area contributed by atoms with Crippen molar-refractivity contribution in [2.24, 2.45) is 0 Å². The molecule has 0 saturated heterocycles. The molecule has 1 aliphatic heterocycles. The zero-order valence-corrected chi connectivity index (χ0v) is 15.9. The van der Waals surface area contributed by atoms with E-state index in [1.165, 1.54) is 12.1 Å². The van der Waals surface area contributed by atoms with Crippen molar-refractivity contribution in [1.29, 1.82) is 0 Å². The number of halogens is 1. The minimum Gasteiger partial charge on any atom is -0.482 e. The van der Waals surface area contributed by atoms with E-state index in [4.69, 9.17) is 4.74 Å². The molecule has 0 spiro atoms. The Labute approximate surface area is 154 Å². The maximum atomic E-state index is 12.7. The van der Waals surface area contributed by atoms with Crippen LogP contribution in [-0.2, 0) is 14.8 Å². The van der Waals surface area contributed by atoms with Gasteiger partial charge in [0.2, 0.25) is 10.0 Å². The maximum absolute atomic E-state index is 12.7. The summed E-state index contributed by atoms with van der Waals surface area (Å²) in [4.78, 5) is 11.4. The van der Waals surface area contributed by atoms with Crippen LogP contribution in [0, 0.1) is 0 Å². The topological polar surface area (TPSA) is 84.5 Å². The van der Waals surface area contributed by atoms with Crippen molar-refractivity contribution in [2.75, 3.05) is 18.5 Å². The molecule has 25 heavy (non-hydrogen) atoms. The monoisotopic (exact) mass is 424 g/mol. The molecule has 0 radical (unpaired) electrons. The third-order valence-corrected chi connectivity index (χ3v) is 6.29. The number of rotatable bonds is 5. The van der Waals surface area contributed by atoms with Gasteiger partial charge in [-0.25, -0.2) is 13.1 Å². The molecule has 2 aromatic rings. The minimum absolute atomic E-state index is 0.0305. The van der Waals surface area contributed by atoms with E-state index in [2.05, 4.69) is 26.0 Å². The number of amides is 1. The number of ether oxygens (including phenoxy) is 1. The lowest BCUT2D eigenvalue weighted by Crippen LogP contribution is -2.29. The van der Waals surface area contributed by atoms with Gasteiger partial charge in [0.15, 0.2) is 6.61 Å². The Hall–Kier alpha value is -1.90. The molecule has 132 valence electrons. The third-order valence-electron chi connectivity index (χ3n) is 3.90. The Morgan fingerprint density at radius 2 is 2.00 bits per heavy atom. The highest BCUT2D eigenvalue weighted by atomic mass is 79.9. The fourth-order valence-corrected chi connectivity index (χ4v) is 4.68. The molecule has 6 nitrogen and oxygen atoms in total. The summed E-state index contributed by atoms with van der Waals surface area (Å²) in [6, 6.07) is 12.6. The lowest BCUT2D eigenvalue weighted by Gasteiger charge is -2.20. The van der Waals surface area contributed by atoms with Crippen molar-refractivity contribution in [3.63, 3.8) is 0 Å². The van der Waals surface area contributed by atoms with Crippen LogP contribution in [0.15, 0.2) is 51.8 Å². The predicted octanol–water partition coefficient (Wildman–Crippen LogP) is 2.86. The number of benzene rings is 2. The molecular weight excluding hydrogens is 408 g/mol. The second-order valence-corrected chi connectivity index (χ2v) is 8.37. The standard InChI is InChI=1S/C17H17BrN2O4S/c1-11(12-5-3-2-4-6-12)9-19-25(22,23)16-8-15-14(7-13(16)18)20-17(21)10-24-15/h2-8,11,19H,9-10H2,1H3,(H,20,21). The molecule has 0 aliphatic carbocycles. The lowest BCUT2D eigenvalue weighted by atomic mass is 10.0. The SMILES string of the molecule is CC(CNS(=O)(=O)c1cc2c(cc1Br)NC(=O)CO2)c1ccccc1. The van der Waals surface area contributed by atoms with Gasteiger partial charge in [0.05, 0.1) is 10.6 Å². The van der Waals surface area contributed by atoms with Crippen LogP contribution in [0.1, 0.15) is 18.4 Å². The fraction of sp³-hybridized carbons (Fsp3) is 0.235. The number of anilines is 1. The van der Waals surface area contributed by atoms with Gasteiger partial charge >= 0.3 is 0 Å². The van der Waals surface area contributed by atoms with Crippen molar-refractivity contribution in [2.45, 2.75) is 17.7 Å². The van der Waals surface area contributed by atoms with Gasteiger partial charge < -0.3 is 10.1 Å². The zero-order valence-electron chi connectivity index (χ0n) is 13.5. The third kappa shape index (κ3) is 4.02. The van der Waals surface area contributed by atoms with E-state index in [-0.39, 0.29) is 29.9 Å². The summed E-state index contributed by atoms with van der Waals surface area (Å²) >= 11 is 3.26. The molecule has 0 saturated carbocycles. The Kier molecular flexibility index (Phi) is 5.12. The van der Waals surface area contributed by atoms with Crippen molar-refractivity contribution in [3.05, 3.63) is 52.5 Å². The Morgan fingerprint density at radius 3 is 2.72 bits per heavy atom. The summed E-state index contributed by atoms with van der Waals surface area (Å²) in [7, 11) is -3.73. The summed E-state index contributed by atoms with van der Waals surface area (Å²) in [5, 5.41) is 2.64. The van der Waals surface area contributed by atoms with Crippen LogP contribution in [0.2, 0.25) is 0 Å². The van der Waals surface area contributed by atoms with E-state index in [0.29, 0.717) is 15.9 Å². The molecular formula is C17H17BrN2O4S. The normalized spacial score (nSPS) is 15.0. The number of carbonyl (C=O) groups is 1. The van der Waals surface area contributed by atoms with Crippen LogP contribution in [0.3, 0.4) is 0 Å². The Morgan fingerprint density at radius 1 is 1.28 bits per heavy atom. The van der Waals surface area contributed by atoms with Gasteiger partial charge in [0.1, 0.15) is 5.75 Å². The van der Waals surface area contributed by atoms with Crippen LogP contribution in [0.25, 0.3) is 0 Å². The average Bonchev–Trinajstić information content (AvgIpc) is 2.59. The number of sulfonamides is 1. The number of nitrogens with one attached hydrogen (secondary N) is 2. The lowest BCUT2D eigenvalue weighted by molar-refractivity contribution is -0.118. The van der Waals surface area contributed by atoms with Gasteiger partial charge in [-0.2, -0.15) is 0 Å². The molecule has 1 amide bonds. The molecule has 0 bridgehead atoms. The first-order chi connectivity index (χ1) is 11.9. The highest BCUT2D eigenvalue weighted by molar-refractivity contribution is 9.10. The van der Waals surface area contributed by atoms with Gasteiger partial charge in [-0.3, -0.25) is 4.79 Å². The molecule has 1 heterocycles. The van der Waals surface area contributed by atoms with Crippen molar-refractivity contribution < 1.29 is 17.9 Å². The van der Waals surface area contributed by atoms with E-state index in [9.17, 15) is 13.2 Å². The average molecular weight is 425 g/mol. The van der Waals surface area contributed by atoms with E-state index in [0.717, 1.165) is 5.56 Å². The Bertz CT molecular complexity index is 900. The van der Waals surface area contributed by atoms with Gasteiger partial charge in [0, 0.05) is 17.1 Å². The van der Waals surface area contributed by atoms with Crippen LogP contribution in [-0.4, -0.2) is 27.5 Å². The quantitative estimate of drug-likeness (QED) is 0.772. The van der Waals surface area contributed by atoms with Crippen molar-refractivity contribution in [1.82, 2.24) is 4.72 Å². The second-order valence-electron chi connectivity index (χ2n) is 5.78. The molecule has 1 atom stereocenters. The second kappa shape index (κ2) is 7.15. The first kappa shape index (κ1) is 17.9. The molecule has 1 unspecified atom stereocenters. The molecule has 3 rings (SSSR count). The largest absolute Gasteiger partial charge is 0.482 e. The van der Waals surface area contributed by atoms with Crippen LogP contribution in [0.5, 0.6) is 5.75 Å². The summed E-state index contributed by atoms with van der Waals surface area (Å²) in [6.07, 6.45) is 0. The fourth-order valence-electron chi connectivity index (χ4n) is 2.50. The van der Waals surface area contributed by atoms with E-state index < -0.39 is 10.0 Å². The number of fused-ring (bicyclic) bond motifs is 1. The minimum atomic E-state index is -3.73. The van der Waals surface area contributed by atoms with Gasteiger partial charge in [-0.15, -0.1) is 0 Å². The summed E-state index contributed by atoms with van der Waals surface area (Å²) in [6.45, 7) is 2.10. The predicted molar refractivity (Wildman–Crippen MR) is 98.3 cm³/mol. The van der Waals surface area contributed by atoms with E-state index in [1.54, 1.807) is 0 Å². The number of hydrogen-bond donors (Lipinski definition) is 2. The van der Waals surface area contributed by atoms with Gasteiger partial charge in [0.25, 0.3) is 5.91 Å². The molecule has 0 aromatic heterocycles. The Balaban J connectivity index is 1.79. The van der Waals surface area contributed by atoms with Gasteiger partial charge in [-0.1, -0.05) is 37.3 Å². The van der Waals surface area contributed by atoms with Gasteiger partial charge in [-0.05, 0) is 33.5 Å². The van der Waals surface area contributed by atoms with Crippen molar-refractivity contribution >= 4 is 37.5 Å². The molecule has 2 aromatic carbocycles. The van der Waals surface area contributed by atoms with Crippen molar-refractivity contribution in [3.8, 4) is 5.75 Å². The summed E-state index contributed by atoms with van der Waals surface area (Å²) < 4.78 is 33.6. The molecule has 2 N–H and O–H groups in total. The van der Waals surface area contributed by atoms with Crippen LogP contribution in [0.4, 0.5) is 5.69 Å². The summed E-state index contributed by atoms with van der Waals surface area (Å²) in [5.74, 6) is 0.0898. The number of carbonyl (C=O) groups excluding carboxylic acids is 1. The van der Waals surface area contributed by atoms with Crippen LogP contribution < -0.4 is 14.8 Å². The van der Waals surface area contributed by atoms with E-state index >= 15 is 0 Å². The highest BCUT2D eigenvalue weighted by Crippen LogP contribution is 2.35. The maximum Gasteiger partial charge on any atom is 0.262 e. The highest BCUT2D eigenvalue weighted by Gasteiger charge is 2.24. The first-order valence-corrected chi connectivity index (χ1v) is 9.95. The van der Waals surface area contributed by atoms with Crippen LogP contribution >= 0.6 is 15.9 Å². The molecule has 1 aliphatic rings. The smallest absolute Gasteiger partial charge is 0.262 e. The number of hydrogen-bond acceptors (Lipinski definition) is 4. The zero-order chi connectivity index (χ0) is 18.0. The summed E-state index contributed by atoms with van der Waals surface area (Å²) in [5.41, 5.74) is 1.50. The first-order valence-electron chi connectivity index (χ1n) is 7.67. The van der Waals surface area contributed by atoms with E-state index in [1.807, 2.05) is 37.3 Å². The molecule has 8 heteroatoms.